The van der Waals surface area contributed by atoms with Crippen molar-refractivity contribution in [1.82, 2.24) is 0 Å². The fourth-order valence-corrected chi connectivity index (χ4v) is 1.29. The number of aldehydes is 1. The molecule has 0 aliphatic heterocycles. The van der Waals surface area contributed by atoms with Crippen molar-refractivity contribution in [2.24, 2.45) is 0 Å². The number of hydrogen-bond acceptors (Lipinski definition) is 2. The van der Waals surface area contributed by atoms with Crippen molar-refractivity contribution in [3.63, 3.8) is 0 Å². The van der Waals surface area contributed by atoms with Crippen molar-refractivity contribution < 1.29 is 13.9 Å². The molecular formula is C9H8BrFO2. The molecule has 0 saturated carbocycles. The van der Waals surface area contributed by atoms with E-state index >= 15 is 0 Å². The molecule has 4 heteroatoms. The van der Waals surface area contributed by atoms with E-state index in [0.717, 1.165) is 0 Å². The topological polar surface area (TPSA) is 26.3 Å². The van der Waals surface area contributed by atoms with Crippen LogP contribution in [0.15, 0.2) is 16.6 Å². The Labute approximate surface area is 83.8 Å². The molecule has 0 spiro atoms. The Morgan fingerprint density at radius 2 is 2.31 bits per heavy atom. The van der Waals surface area contributed by atoms with Crippen molar-refractivity contribution in [2.45, 2.75) is 6.92 Å². The van der Waals surface area contributed by atoms with E-state index in [0.29, 0.717) is 12.9 Å². The second kappa shape index (κ2) is 4.37. The summed E-state index contributed by atoms with van der Waals surface area (Å²) < 4.78 is 18.6. The van der Waals surface area contributed by atoms with Gasteiger partial charge < -0.3 is 4.74 Å². The first-order valence-electron chi connectivity index (χ1n) is 3.76. The first-order valence-corrected chi connectivity index (χ1v) is 4.56. The molecule has 1 rings (SSSR count). The summed E-state index contributed by atoms with van der Waals surface area (Å²) in [4.78, 5) is 10.5. The van der Waals surface area contributed by atoms with Gasteiger partial charge in [-0.2, -0.15) is 0 Å². The molecular weight excluding hydrogens is 239 g/mol. The van der Waals surface area contributed by atoms with Gasteiger partial charge in [0.05, 0.1) is 16.6 Å². The molecule has 13 heavy (non-hydrogen) atoms. The molecule has 0 aliphatic carbocycles. The summed E-state index contributed by atoms with van der Waals surface area (Å²) in [6.45, 7) is 2.18. The van der Waals surface area contributed by atoms with E-state index in [1.54, 1.807) is 13.0 Å². The van der Waals surface area contributed by atoms with Crippen LogP contribution in [-0.2, 0) is 0 Å². The molecule has 0 saturated heterocycles. The van der Waals surface area contributed by atoms with Crippen LogP contribution in [0.25, 0.3) is 0 Å². The van der Waals surface area contributed by atoms with Crippen molar-refractivity contribution in [1.29, 1.82) is 0 Å². The van der Waals surface area contributed by atoms with Gasteiger partial charge in [-0.05, 0) is 35.0 Å². The van der Waals surface area contributed by atoms with Gasteiger partial charge in [0, 0.05) is 0 Å². The third-order valence-electron chi connectivity index (χ3n) is 1.51. The van der Waals surface area contributed by atoms with Crippen LogP contribution in [0.3, 0.4) is 0 Å². The normalized spacial score (nSPS) is 9.77. The highest BCUT2D eigenvalue weighted by molar-refractivity contribution is 9.10. The molecule has 0 amide bonds. The number of carbonyl (C=O) groups excluding carboxylic acids is 1. The van der Waals surface area contributed by atoms with Crippen LogP contribution in [0.4, 0.5) is 4.39 Å². The first-order chi connectivity index (χ1) is 6.20. The zero-order valence-corrected chi connectivity index (χ0v) is 8.60. The molecule has 70 valence electrons. The zero-order valence-electron chi connectivity index (χ0n) is 7.01. The molecule has 1 aromatic rings. The maximum absolute atomic E-state index is 13.2. The van der Waals surface area contributed by atoms with E-state index in [1.807, 2.05) is 0 Å². The average Bonchev–Trinajstić information content (AvgIpc) is 2.12. The summed E-state index contributed by atoms with van der Waals surface area (Å²) in [7, 11) is 0. The summed E-state index contributed by atoms with van der Waals surface area (Å²) in [5, 5.41) is 0. The predicted molar refractivity (Wildman–Crippen MR) is 50.7 cm³/mol. The summed E-state index contributed by atoms with van der Waals surface area (Å²) in [6.07, 6.45) is 0.449. The minimum atomic E-state index is -0.582. The predicted octanol–water partition coefficient (Wildman–Crippen LogP) is 2.80. The first kappa shape index (κ1) is 10.2. The lowest BCUT2D eigenvalue weighted by atomic mass is 10.2. The molecule has 0 bridgehead atoms. The standard InChI is InChI=1S/C9H8BrFO2/c1-2-13-8-4-3-7(10)9(11)6(8)5-12/h3-5H,2H2,1H3. The van der Waals surface area contributed by atoms with Gasteiger partial charge >= 0.3 is 0 Å². The Morgan fingerprint density at radius 1 is 1.62 bits per heavy atom. The minimum absolute atomic E-state index is 0.0452. The Balaban J connectivity index is 3.21. The van der Waals surface area contributed by atoms with Crippen molar-refractivity contribution in [2.75, 3.05) is 6.61 Å². The lowest BCUT2D eigenvalue weighted by molar-refractivity contribution is 0.111. The lowest BCUT2D eigenvalue weighted by Crippen LogP contribution is -1.98. The van der Waals surface area contributed by atoms with Crippen LogP contribution in [-0.4, -0.2) is 12.9 Å². The van der Waals surface area contributed by atoms with Crippen LogP contribution in [0.1, 0.15) is 17.3 Å². The van der Waals surface area contributed by atoms with Gasteiger partial charge in [-0.15, -0.1) is 0 Å². The van der Waals surface area contributed by atoms with E-state index < -0.39 is 5.82 Å². The van der Waals surface area contributed by atoms with Crippen LogP contribution < -0.4 is 4.74 Å². The monoisotopic (exact) mass is 246 g/mol. The van der Waals surface area contributed by atoms with E-state index in [9.17, 15) is 9.18 Å². The third kappa shape index (κ3) is 2.06. The van der Waals surface area contributed by atoms with Gasteiger partial charge in [0.15, 0.2) is 12.1 Å². The number of carbonyl (C=O) groups is 1. The quantitative estimate of drug-likeness (QED) is 0.767. The average molecular weight is 247 g/mol. The van der Waals surface area contributed by atoms with Crippen LogP contribution in [0, 0.1) is 5.82 Å². The van der Waals surface area contributed by atoms with Crippen molar-refractivity contribution in [3.05, 3.63) is 28.0 Å². The molecule has 0 radical (unpaired) electrons. The maximum Gasteiger partial charge on any atom is 0.156 e. The number of benzene rings is 1. The van der Waals surface area contributed by atoms with Gasteiger partial charge in [-0.1, -0.05) is 0 Å². The van der Waals surface area contributed by atoms with E-state index in [4.69, 9.17) is 4.74 Å². The SMILES string of the molecule is CCOc1ccc(Br)c(F)c1C=O. The second-order valence-corrected chi connectivity index (χ2v) is 3.18. The zero-order chi connectivity index (χ0) is 9.84. The Hall–Kier alpha value is -0.900. The summed E-state index contributed by atoms with van der Waals surface area (Å²) in [5.41, 5.74) is -0.0452. The largest absolute Gasteiger partial charge is 0.493 e. The van der Waals surface area contributed by atoms with Crippen molar-refractivity contribution in [3.8, 4) is 5.75 Å². The molecule has 0 aromatic heterocycles. The molecule has 0 atom stereocenters. The fourth-order valence-electron chi connectivity index (χ4n) is 0.940. The molecule has 0 fully saturated rings. The van der Waals surface area contributed by atoms with Crippen molar-refractivity contribution >= 4 is 22.2 Å². The smallest absolute Gasteiger partial charge is 0.156 e. The van der Waals surface area contributed by atoms with Gasteiger partial charge in [0.1, 0.15) is 5.75 Å². The molecule has 0 N–H and O–H groups in total. The van der Waals surface area contributed by atoms with E-state index in [1.165, 1.54) is 6.07 Å². The van der Waals surface area contributed by atoms with Crippen LogP contribution >= 0.6 is 15.9 Å². The van der Waals surface area contributed by atoms with E-state index in [2.05, 4.69) is 15.9 Å². The fraction of sp³-hybridized carbons (Fsp3) is 0.222. The minimum Gasteiger partial charge on any atom is -0.493 e. The van der Waals surface area contributed by atoms with Gasteiger partial charge in [0.25, 0.3) is 0 Å². The highest BCUT2D eigenvalue weighted by Crippen LogP contribution is 2.26. The Bertz CT molecular complexity index is 326. The molecule has 2 nitrogen and oxygen atoms in total. The number of rotatable bonds is 3. The summed E-state index contributed by atoms with van der Waals surface area (Å²) >= 11 is 2.98. The summed E-state index contributed by atoms with van der Waals surface area (Å²) in [6, 6.07) is 3.06. The highest BCUT2D eigenvalue weighted by Gasteiger charge is 2.11. The molecule has 1 aromatic carbocycles. The molecule has 0 aliphatic rings. The lowest BCUT2D eigenvalue weighted by Gasteiger charge is -2.06. The van der Waals surface area contributed by atoms with E-state index in [-0.39, 0.29) is 15.8 Å². The maximum atomic E-state index is 13.2. The van der Waals surface area contributed by atoms with Crippen LogP contribution in [0.2, 0.25) is 0 Å². The number of halogens is 2. The Kier molecular flexibility index (Phi) is 3.42. The van der Waals surface area contributed by atoms with Gasteiger partial charge in [-0.3, -0.25) is 4.79 Å². The number of hydrogen-bond donors (Lipinski definition) is 0. The van der Waals surface area contributed by atoms with Gasteiger partial charge in [0.2, 0.25) is 0 Å². The second-order valence-electron chi connectivity index (χ2n) is 2.32. The highest BCUT2D eigenvalue weighted by atomic mass is 79.9. The van der Waals surface area contributed by atoms with Crippen LogP contribution in [0.5, 0.6) is 5.75 Å². The van der Waals surface area contributed by atoms with Gasteiger partial charge in [-0.25, -0.2) is 4.39 Å². The number of ether oxygens (including phenoxy) is 1. The molecule has 0 heterocycles. The third-order valence-corrected chi connectivity index (χ3v) is 2.12. The Morgan fingerprint density at radius 3 is 2.85 bits per heavy atom. The molecule has 0 unspecified atom stereocenters. The summed E-state index contributed by atoms with van der Waals surface area (Å²) in [5.74, 6) is -0.306.